The SMILES string of the molecule is OCc1cnc(-c2ccc(Cl)cc2O)[nH]1. The smallest absolute Gasteiger partial charge is 0.141 e. The summed E-state index contributed by atoms with van der Waals surface area (Å²) in [5.41, 5.74) is 1.15. The monoisotopic (exact) mass is 224 g/mol. The fraction of sp³-hybridized carbons (Fsp3) is 0.100. The van der Waals surface area contributed by atoms with E-state index in [1.54, 1.807) is 12.1 Å². The number of H-pyrrole nitrogens is 1. The van der Waals surface area contributed by atoms with E-state index in [4.69, 9.17) is 16.7 Å². The molecule has 2 aromatic rings. The van der Waals surface area contributed by atoms with E-state index in [1.165, 1.54) is 12.3 Å². The number of imidazole rings is 1. The quantitative estimate of drug-likeness (QED) is 0.730. The van der Waals surface area contributed by atoms with Crippen LogP contribution in [-0.4, -0.2) is 20.2 Å². The molecule has 0 bridgehead atoms. The lowest BCUT2D eigenvalue weighted by molar-refractivity contribution is 0.277. The van der Waals surface area contributed by atoms with Crippen LogP contribution >= 0.6 is 11.6 Å². The molecule has 0 aliphatic heterocycles. The molecular weight excluding hydrogens is 216 g/mol. The maximum atomic E-state index is 9.62. The highest BCUT2D eigenvalue weighted by molar-refractivity contribution is 6.30. The summed E-state index contributed by atoms with van der Waals surface area (Å²) in [6.07, 6.45) is 1.52. The van der Waals surface area contributed by atoms with Crippen LogP contribution in [0.25, 0.3) is 11.4 Å². The Morgan fingerprint density at radius 2 is 2.20 bits per heavy atom. The lowest BCUT2D eigenvalue weighted by Gasteiger charge is -2.01. The van der Waals surface area contributed by atoms with Gasteiger partial charge in [-0.05, 0) is 18.2 Å². The molecule has 0 aliphatic carbocycles. The Hall–Kier alpha value is -1.52. The Balaban J connectivity index is 2.44. The van der Waals surface area contributed by atoms with E-state index < -0.39 is 0 Å². The number of aliphatic hydroxyl groups excluding tert-OH is 1. The van der Waals surface area contributed by atoms with Crippen LogP contribution in [0.15, 0.2) is 24.4 Å². The van der Waals surface area contributed by atoms with Gasteiger partial charge in [0.05, 0.1) is 24.1 Å². The molecule has 0 radical (unpaired) electrons. The van der Waals surface area contributed by atoms with Crippen molar-refractivity contribution in [3.63, 3.8) is 0 Å². The highest BCUT2D eigenvalue weighted by Gasteiger charge is 2.08. The number of phenolic OH excluding ortho intramolecular Hbond substituents is 1. The Labute approximate surface area is 91.2 Å². The lowest BCUT2D eigenvalue weighted by atomic mass is 10.2. The van der Waals surface area contributed by atoms with Gasteiger partial charge in [0, 0.05) is 5.02 Å². The van der Waals surface area contributed by atoms with Gasteiger partial charge in [0.1, 0.15) is 11.6 Å². The van der Waals surface area contributed by atoms with Gasteiger partial charge < -0.3 is 15.2 Å². The predicted molar refractivity (Wildman–Crippen MR) is 56.6 cm³/mol. The Bertz CT molecular complexity index is 482. The van der Waals surface area contributed by atoms with E-state index in [2.05, 4.69) is 9.97 Å². The van der Waals surface area contributed by atoms with Gasteiger partial charge in [-0.25, -0.2) is 4.98 Å². The van der Waals surface area contributed by atoms with Crippen molar-refractivity contribution in [3.8, 4) is 17.1 Å². The minimum atomic E-state index is -0.110. The minimum Gasteiger partial charge on any atom is -0.507 e. The summed E-state index contributed by atoms with van der Waals surface area (Å²) in [4.78, 5) is 6.90. The van der Waals surface area contributed by atoms with Gasteiger partial charge in [0.15, 0.2) is 0 Å². The van der Waals surface area contributed by atoms with E-state index in [9.17, 15) is 5.11 Å². The molecule has 1 aromatic carbocycles. The Morgan fingerprint density at radius 3 is 2.80 bits per heavy atom. The fourth-order valence-corrected chi connectivity index (χ4v) is 1.45. The number of nitrogens with zero attached hydrogens (tertiary/aromatic N) is 1. The van der Waals surface area contributed by atoms with Crippen LogP contribution < -0.4 is 0 Å². The molecule has 3 N–H and O–H groups in total. The molecule has 0 unspecified atom stereocenters. The molecule has 0 atom stereocenters. The summed E-state index contributed by atoms with van der Waals surface area (Å²) in [5.74, 6) is 0.564. The topological polar surface area (TPSA) is 69.1 Å². The summed E-state index contributed by atoms with van der Waals surface area (Å²) in [7, 11) is 0. The second-order valence-electron chi connectivity index (χ2n) is 3.08. The third kappa shape index (κ3) is 1.95. The third-order valence-corrected chi connectivity index (χ3v) is 2.25. The summed E-state index contributed by atoms with van der Waals surface area (Å²) in [5, 5.41) is 18.9. The molecule has 0 aliphatic rings. The van der Waals surface area contributed by atoms with Crippen molar-refractivity contribution < 1.29 is 10.2 Å². The minimum absolute atomic E-state index is 0.0568. The van der Waals surface area contributed by atoms with Crippen molar-refractivity contribution in [1.29, 1.82) is 0 Å². The van der Waals surface area contributed by atoms with Crippen LogP contribution in [0.5, 0.6) is 5.75 Å². The van der Waals surface area contributed by atoms with E-state index in [0.717, 1.165) is 0 Å². The molecule has 2 rings (SSSR count). The van der Waals surface area contributed by atoms with Crippen LogP contribution in [0.3, 0.4) is 0 Å². The van der Waals surface area contributed by atoms with Crippen molar-refractivity contribution in [2.75, 3.05) is 0 Å². The first-order valence-electron chi connectivity index (χ1n) is 4.34. The summed E-state index contributed by atoms with van der Waals surface area (Å²) < 4.78 is 0. The average molecular weight is 225 g/mol. The van der Waals surface area contributed by atoms with Crippen LogP contribution in [0.4, 0.5) is 0 Å². The predicted octanol–water partition coefficient (Wildman–Crippen LogP) is 1.93. The number of aromatic amines is 1. The number of aliphatic hydroxyl groups is 1. The van der Waals surface area contributed by atoms with Gasteiger partial charge in [-0.2, -0.15) is 0 Å². The standard InChI is InChI=1S/C10H9ClN2O2/c11-6-1-2-8(9(15)3-6)10-12-4-7(5-14)13-10/h1-4,14-15H,5H2,(H,12,13). The number of aromatic nitrogens is 2. The van der Waals surface area contributed by atoms with Gasteiger partial charge in [-0.15, -0.1) is 0 Å². The number of nitrogens with one attached hydrogen (secondary N) is 1. The second kappa shape index (κ2) is 3.92. The molecule has 1 heterocycles. The molecule has 0 saturated heterocycles. The highest BCUT2D eigenvalue weighted by Crippen LogP contribution is 2.29. The fourth-order valence-electron chi connectivity index (χ4n) is 1.28. The second-order valence-corrected chi connectivity index (χ2v) is 3.51. The highest BCUT2D eigenvalue weighted by atomic mass is 35.5. The molecule has 15 heavy (non-hydrogen) atoms. The lowest BCUT2D eigenvalue weighted by Crippen LogP contribution is -1.84. The van der Waals surface area contributed by atoms with Gasteiger partial charge >= 0.3 is 0 Å². The molecule has 1 aromatic heterocycles. The average Bonchev–Trinajstić information content (AvgIpc) is 2.66. The third-order valence-electron chi connectivity index (χ3n) is 2.01. The number of hydrogen-bond donors (Lipinski definition) is 3. The molecule has 4 nitrogen and oxygen atoms in total. The largest absolute Gasteiger partial charge is 0.507 e. The molecule has 5 heteroatoms. The molecule has 0 saturated carbocycles. The molecule has 78 valence electrons. The zero-order valence-electron chi connectivity index (χ0n) is 7.74. The van der Waals surface area contributed by atoms with Crippen molar-refractivity contribution in [2.45, 2.75) is 6.61 Å². The van der Waals surface area contributed by atoms with Crippen molar-refractivity contribution >= 4 is 11.6 Å². The van der Waals surface area contributed by atoms with E-state index in [-0.39, 0.29) is 12.4 Å². The molecular formula is C10H9ClN2O2. The van der Waals surface area contributed by atoms with Crippen LogP contribution in [0.1, 0.15) is 5.69 Å². The maximum absolute atomic E-state index is 9.62. The van der Waals surface area contributed by atoms with Crippen LogP contribution in [0.2, 0.25) is 5.02 Å². The van der Waals surface area contributed by atoms with E-state index in [0.29, 0.717) is 22.1 Å². The zero-order valence-corrected chi connectivity index (χ0v) is 8.49. The molecule has 0 spiro atoms. The Kier molecular flexibility index (Phi) is 2.62. The van der Waals surface area contributed by atoms with Gasteiger partial charge in [0.2, 0.25) is 0 Å². The molecule has 0 amide bonds. The van der Waals surface area contributed by atoms with Gasteiger partial charge in [-0.1, -0.05) is 11.6 Å². The number of halogens is 1. The summed E-state index contributed by atoms with van der Waals surface area (Å²) >= 11 is 5.71. The van der Waals surface area contributed by atoms with Crippen LogP contribution in [0, 0.1) is 0 Å². The van der Waals surface area contributed by atoms with Crippen molar-refractivity contribution in [3.05, 3.63) is 35.1 Å². The maximum Gasteiger partial charge on any atom is 0.141 e. The summed E-state index contributed by atoms with van der Waals surface area (Å²) in [6, 6.07) is 4.77. The first-order chi connectivity index (χ1) is 7.20. The summed E-state index contributed by atoms with van der Waals surface area (Å²) in [6.45, 7) is -0.110. The Morgan fingerprint density at radius 1 is 1.40 bits per heavy atom. The number of hydrogen-bond acceptors (Lipinski definition) is 3. The van der Waals surface area contributed by atoms with E-state index >= 15 is 0 Å². The molecule has 0 fully saturated rings. The normalized spacial score (nSPS) is 10.5. The number of aromatic hydroxyl groups is 1. The van der Waals surface area contributed by atoms with Crippen molar-refractivity contribution in [1.82, 2.24) is 9.97 Å². The number of rotatable bonds is 2. The van der Waals surface area contributed by atoms with Gasteiger partial charge in [-0.3, -0.25) is 0 Å². The van der Waals surface area contributed by atoms with Gasteiger partial charge in [0.25, 0.3) is 0 Å². The van der Waals surface area contributed by atoms with Crippen molar-refractivity contribution in [2.24, 2.45) is 0 Å². The van der Waals surface area contributed by atoms with E-state index in [1.807, 2.05) is 0 Å². The van der Waals surface area contributed by atoms with Crippen LogP contribution in [-0.2, 0) is 6.61 Å². The first-order valence-corrected chi connectivity index (χ1v) is 4.72. The number of benzene rings is 1. The zero-order chi connectivity index (χ0) is 10.8. The first kappa shape index (κ1) is 10.0. The number of phenols is 1.